The molecule has 0 saturated carbocycles. The van der Waals surface area contributed by atoms with Gasteiger partial charge in [0.05, 0.1) is 12.5 Å². The van der Waals surface area contributed by atoms with Gasteiger partial charge in [0.2, 0.25) is 10.0 Å². The molecule has 0 spiro atoms. The van der Waals surface area contributed by atoms with Gasteiger partial charge in [0.15, 0.2) is 0 Å². The Bertz CT molecular complexity index is 422. The van der Waals surface area contributed by atoms with E-state index < -0.39 is 10.0 Å². The molecule has 1 aromatic rings. The van der Waals surface area contributed by atoms with Crippen LogP contribution in [0.2, 0.25) is 0 Å². The predicted octanol–water partition coefficient (Wildman–Crippen LogP) is 0.339. The number of hydrogen-bond acceptors (Lipinski definition) is 3. The smallest absolute Gasteiger partial charge is 0.209 e. The molecular weight excluding hydrogens is 202 g/mol. The summed E-state index contributed by atoms with van der Waals surface area (Å²) in [4.78, 5) is 0. The molecule has 0 amide bonds. The van der Waals surface area contributed by atoms with E-state index in [2.05, 4.69) is 9.82 Å². The topological polar surface area (TPSA) is 64.0 Å². The summed E-state index contributed by atoms with van der Waals surface area (Å²) in [5.41, 5.74) is 1.87. The van der Waals surface area contributed by atoms with Crippen LogP contribution in [0, 0.1) is 6.92 Å². The third-order valence-electron chi connectivity index (χ3n) is 2.13. The SMILES string of the molecule is Cc1c(C(C)NS(C)(=O)=O)cnn1C. The Kier molecular flexibility index (Phi) is 2.96. The molecule has 80 valence electrons. The van der Waals surface area contributed by atoms with Crippen LogP contribution in [0.4, 0.5) is 0 Å². The second kappa shape index (κ2) is 3.70. The van der Waals surface area contributed by atoms with Gasteiger partial charge in [0.25, 0.3) is 0 Å². The zero-order valence-electron chi connectivity index (χ0n) is 8.77. The molecule has 1 aromatic heterocycles. The first kappa shape index (κ1) is 11.2. The Morgan fingerprint density at radius 1 is 1.57 bits per heavy atom. The van der Waals surface area contributed by atoms with Gasteiger partial charge in [-0.3, -0.25) is 4.68 Å². The second-order valence-electron chi connectivity index (χ2n) is 3.42. The fourth-order valence-corrected chi connectivity index (χ4v) is 2.09. The number of nitrogens with one attached hydrogen (secondary N) is 1. The number of aryl methyl sites for hydroxylation is 1. The summed E-state index contributed by atoms with van der Waals surface area (Å²) < 4.78 is 26.2. The minimum absolute atomic E-state index is 0.237. The van der Waals surface area contributed by atoms with Crippen molar-refractivity contribution in [1.82, 2.24) is 14.5 Å². The molecule has 1 N–H and O–H groups in total. The number of sulfonamides is 1. The van der Waals surface area contributed by atoms with E-state index >= 15 is 0 Å². The molecule has 0 aliphatic heterocycles. The average Bonchev–Trinajstić information content (AvgIpc) is 2.29. The van der Waals surface area contributed by atoms with Gasteiger partial charge in [-0.2, -0.15) is 5.10 Å². The molecule has 14 heavy (non-hydrogen) atoms. The molecule has 0 saturated heterocycles. The largest absolute Gasteiger partial charge is 0.273 e. The van der Waals surface area contributed by atoms with Crippen molar-refractivity contribution in [3.05, 3.63) is 17.5 Å². The molecule has 6 heteroatoms. The molecule has 1 unspecified atom stereocenters. The van der Waals surface area contributed by atoms with Gasteiger partial charge < -0.3 is 0 Å². The maximum absolute atomic E-state index is 11.0. The zero-order chi connectivity index (χ0) is 10.9. The number of hydrogen-bond donors (Lipinski definition) is 1. The van der Waals surface area contributed by atoms with Crippen LogP contribution < -0.4 is 4.72 Å². The molecule has 0 aromatic carbocycles. The van der Waals surface area contributed by atoms with Crippen molar-refractivity contribution in [3.8, 4) is 0 Å². The maximum atomic E-state index is 11.0. The van der Waals surface area contributed by atoms with E-state index in [4.69, 9.17) is 0 Å². The van der Waals surface area contributed by atoms with Crippen molar-refractivity contribution in [3.63, 3.8) is 0 Å². The summed E-state index contributed by atoms with van der Waals surface area (Å²) in [5, 5.41) is 4.05. The van der Waals surface area contributed by atoms with Crippen molar-refractivity contribution >= 4 is 10.0 Å². The highest BCUT2D eigenvalue weighted by Gasteiger charge is 2.15. The summed E-state index contributed by atoms with van der Waals surface area (Å²) in [7, 11) is -1.34. The summed E-state index contributed by atoms with van der Waals surface area (Å²) in [6.07, 6.45) is 2.83. The van der Waals surface area contributed by atoms with Gasteiger partial charge in [0, 0.05) is 24.3 Å². The van der Waals surface area contributed by atoms with E-state index in [1.807, 2.05) is 14.0 Å². The predicted molar refractivity (Wildman–Crippen MR) is 54.3 cm³/mol. The molecule has 1 rings (SSSR count). The second-order valence-corrected chi connectivity index (χ2v) is 5.20. The number of aromatic nitrogens is 2. The van der Waals surface area contributed by atoms with Crippen molar-refractivity contribution in [1.29, 1.82) is 0 Å². The average molecular weight is 217 g/mol. The summed E-state index contributed by atoms with van der Waals surface area (Å²) in [5.74, 6) is 0. The molecule has 0 aliphatic carbocycles. The quantitative estimate of drug-likeness (QED) is 0.794. The van der Waals surface area contributed by atoms with Crippen LogP contribution in [-0.4, -0.2) is 24.5 Å². The standard InChI is InChI=1S/C8H15N3O2S/c1-6(10-14(4,12)13)8-5-9-11(3)7(8)2/h5-6,10H,1-4H3. The first-order chi connectivity index (χ1) is 6.31. The summed E-state index contributed by atoms with van der Waals surface area (Å²) >= 11 is 0. The van der Waals surface area contributed by atoms with Crippen molar-refractivity contribution in [2.75, 3.05) is 6.26 Å². The third-order valence-corrected chi connectivity index (χ3v) is 2.91. The lowest BCUT2D eigenvalue weighted by molar-refractivity contribution is 0.572. The normalized spacial score (nSPS) is 14.3. The first-order valence-electron chi connectivity index (χ1n) is 4.27. The Morgan fingerprint density at radius 2 is 2.14 bits per heavy atom. The highest BCUT2D eigenvalue weighted by atomic mass is 32.2. The molecular formula is C8H15N3O2S. The van der Waals surface area contributed by atoms with Gasteiger partial charge in [-0.15, -0.1) is 0 Å². The summed E-state index contributed by atoms with van der Waals surface area (Å²) in [6.45, 7) is 3.70. The van der Waals surface area contributed by atoms with Crippen LogP contribution >= 0.6 is 0 Å². The Balaban J connectivity index is 2.90. The van der Waals surface area contributed by atoms with Gasteiger partial charge in [0.1, 0.15) is 0 Å². The van der Waals surface area contributed by atoms with E-state index in [-0.39, 0.29) is 6.04 Å². The minimum atomic E-state index is -3.17. The maximum Gasteiger partial charge on any atom is 0.209 e. The van der Waals surface area contributed by atoms with E-state index in [1.165, 1.54) is 0 Å². The van der Waals surface area contributed by atoms with Crippen molar-refractivity contribution in [2.45, 2.75) is 19.9 Å². The summed E-state index contributed by atoms with van der Waals surface area (Å²) in [6, 6.07) is -0.237. The highest BCUT2D eigenvalue weighted by Crippen LogP contribution is 2.16. The first-order valence-corrected chi connectivity index (χ1v) is 6.16. The van der Waals surface area contributed by atoms with Crippen molar-refractivity contribution < 1.29 is 8.42 Å². The lowest BCUT2D eigenvalue weighted by Crippen LogP contribution is -2.25. The van der Waals surface area contributed by atoms with Crippen LogP contribution in [0.3, 0.4) is 0 Å². The number of nitrogens with zero attached hydrogens (tertiary/aromatic N) is 2. The fraction of sp³-hybridized carbons (Fsp3) is 0.625. The lowest BCUT2D eigenvalue weighted by Gasteiger charge is -2.11. The molecule has 0 bridgehead atoms. The van der Waals surface area contributed by atoms with Gasteiger partial charge >= 0.3 is 0 Å². The minimum Gasteiger partial charge on any atom is -0.273 e. The molecule has 0 radical (unpaired) electrons. The zero-order valence-corrected chi connectivity index (χ0v) is 9.59. The molecule has 0 fully saturated rings. The van der Waals surface area contributed by atoms with Crippen LogP contribution in [0.25, 0.3) is 0 Å². The monoisotopic (exact) mass is 217 g/mol. The Labute approximate surface area is 84.2 Å². The van der Waals surface area contributed by atoms with E-state index in [1.54, 1.807) is 17.8 Å². The van der Waals surface area contributed by atoms with Crippen LogP contribution in [-0.2, 0) is 17.1 Å². The molecule has 5 nitrogen and oxygen atoms in total. The lowest BCUT2D eigenvalue weighted by atomic mass is 10.1. The van der Waals surface area contributed by atoms with E-state index in [0.717, 1.165) is 17.5 Å². The van der Waals surface area contributed by atoms with Crippen LogP contribution in [0.15, 0.2) is 6.20 Å². The number of rotatable bonds is 3. The Hall–Kier alpha value is -0.880. The molecule has 1 heterocycles. The van der Waals surface area contributed by atoms with Gasteiger partial charge in [-0.25, -0.2) is 13.1 Å². The van der Waals surface area contributed by atoms with Gasteiger partial charge in [-0.05, 0) is 13.8 Å². The van der Waals surface area contributed by atoms with E-state index in [0.29, 0.717) is 0 Å². The highest BCUT2D eigenvalue weighted by molar-refractivity contribution is 7.88. The van der Waals surface area contributed by atoms with Gasteiger partial charge in [-0.1, -0.05) is 0 Å². The molecule has 1 atom stereocenters. The van der Waals surface area contributed by atoms with Crippen molar-refractivity contribution in [2.24, 2.45) is 7.05 Å². The molecule has 0 aliphatic rings. The van der Waals surface area contributed by atoms with E-state index in [9.17, 15) is 8.42 Å². The fourth-order valence-electron chi connectivity index (χ4n) is 1.33. The van der Waals surface area contributed by atoms with Crippen LogP contribution in [0.1, 0.15) is 24.2 Å². The van der Waals surface area contributed by atoms with Crippen LogP contribution in [0.5, 0.6) is 0 Å². The Morgan fingerprint density at radius 3 is 2.50 bits per heavy atom. The third kappa shape index (κ3) is 2.55.